The highest BCUT2D eigenvalue weighted by atomic mass is 32.1. The fraction of sp³-hybridized carbons (Fsp3) is 0.519. The number of carbonyl (C=O) groups is 1. The first-order valence-electron chi connectivity index (χ1n) is 12.7. The minimum atomic E-state index is -0.898. The van der Waals surface area contributed by atoms with Gasteiger partial charge in [0.1, 0.15) is 25.1 Å². The molecule has 0 spiro atoms. The molecule has 1 amide bonds. The number of thiophene rings is 1. The van der Waals surface area contributed by atoms with E-state index in [4.69, 9.17) is 14.4 Å². The van der Waals surface area contributed by atoms with Gasteiger partial charge < -0.3 is 29.7 Å². The topological polar surface area (TPSA) is 121 Å². The monoisotopic (exact) mass is 530 g/mol. The van der Waals surface area contributed by atoms with Crippen LogP contribution in [0.25, 0.3) is 22.2 Å². The first kappa shape index (κ1) is 28.8. The van der Waals surface area contributed by atoms with Crippen LogP contribution in [-0.2, 0) is 17.8 Å². The summed E-state index contributed by atoms with van der Waals surface area (Å²) in [6.07, 6.45) is 2.19. The van der Waals surface area contributed by atoms with Gasteiger partial charge in [0.2, 0.25) is 11.7 Å². The Labute approximate surface area is 222 Å². The minimum absolute atomic E-state index is 0.00253. The Kier molecular flexibility index (Phi) is 10.6. The molecule has 3 aromatic rings. The summed E-state index contributed by atoms with van der Waals surface area (Å²) in [4.78, 5) is 20.5. The highest BCUT2D eigenvalue weighted by Crippen LogP contribution is 2.34. The van der Waals surface area contributed by atoms with E-state index >= 15 is 0 Å². The molecule has 0 fully saturated rings. The average Bonchev–Trinajstić information content (AvgIpc) is 3.52. The molecule has 0 saturated carbocycles. The Morgan fingerprint density at radius 2 is 2.03 bits per heavy atom. The van der Waals surface area contributed by atoms with Gasteiger partial charge in [-0.1, -0.05) is 25.4 Å². The Hall–Kier alpha value is -2.79. The maximum absolute atomic E-state index is 11.2. The number of carbonyl (C=O) groups excluding carboxylic acids is 1. The molecule has 202 valence electrons. The van der Waals surface area contributed by atoms with Crippen molar-refractivity contribution in [1.82, 2.24) is 20.4 Å². The highest BCUT2D eigenvalue weighted by Gasteiger charge is 2.18. The maximum atomic E-state index is 11.2. The van der Waals surface area contributed by atoms with E-state index < -0.39 is 18.6 Å². The summed E-state index contributed by atoms with van der Waals surface area (Å²) in [5, 5.41) is 25.6. The van der Waals surface area contributed by atoms with E-state index in [0.29, 0.717) is 23.9 Å². The molecular formula is C27H38N4O5S. The van der Waals surface area contributed by atoms with Gasteiger partial charge >= 0.3 is 0 Å². The van der Waals surface area contributed by atoms with Crippen LogP contribution in [-0.4, -0.2) is 70.6 Å². The number of amides is 1. The van der Waals surface area contributed by atoms with E-state index in [2.05, 4.69) is 47.3 Å². The molecule has 1 unspecified atom stereocenters. The number of benzene rings is 1. The lowest BCUT2D eigenvalue weighted by Crippen LogP contribution is -2.36. The number of hydrogen-bond acceptors (Lipinski definition) is 9. The molecular weight excluding hydrogens is 492 g/mol. The second-order valence-corrected chi connectivity index (χ2v) is 10.4. The van der Waals surface area contributed by atoms with Crippen LogP contribution in [0.1, 0.15) is 48.3 Å². The van der Waals surface area contributed by atoms with Crippen molar-refractivity contribution in [1.29, 1.82) is 0 Å². The molecule has 1 atom stereocenters. The van der Waals surface area contributed by atoms with Crippen molar-refractivity contribution in [2.24, 2.45) is 0 Å². The molecule has 1 aromatic carbocycles. The van der Waals surface area contributed by atoms with E-state index in [-0.39, 0.29) is 13.2 Å². The molecule has 2 aromatic heterocycles. The van der Waals surface area contributed by atoms with Crippen LogP contribution in [0.4, 0.5) is 0 Å². The van der Waals surface area contributed by atoms with E-state index in [1.165, 1.54) is 23.3 Å². The molecule has 37 heavy (non-hydrogen) atoms. The van der Waals surface area contributed by atoms with Crippen molar-refractivity contribution >= 4 is 17.2 Å². The van der Waals surface area contributed by atoms with Gasteiger partial charge in [-0.05, 0) is 75.2 Å². The summed E-state index contributed by atoms with van der Waals surface area (Å²) >= 11 is 1.69. The Morgan fingerprint density at radius 1 is 1.24 bits per heavy atom. The number of hydrogen-bond donors (Lipinski definition) is 3. The van der Waals surface area contributed by atoms with Crippen LogP contribution in [0.15, 0.2) is 22.7 Å². The van der Waals surface area contributed by atoms with Crippen molar-refractivity contribution in [3.05, 3.63) is 39.8 Å². The zero-order valence-corrected chi connectivity index (χ0v) is 23.2. The smallest absolute Gasteiger partial charge is 0.268 e. The predicted molar refractivity (Wildman–Crippen MR) is 145 cm³/mol. The summed E-state index contributed by atoms with van der Waals surface area (Å²) in [5.74, 6) is 1.17. The van der Waals surface area contributed by atoms with Gasteiger partial charge in [-0.2, -0.15) is 4.98 Å². The van der Waals surface area contributed by atoms with Gasteiger partial charge in [-0.3, -0.25) is 4.79 Å². The summed E-state index contributed by atoms with van der Waals surface area (Å²) in [7, 11) is 2.15. The lowest BCUT2D eigenvalue weighted by atomic mass is 10.0. The van der Waals surface area contributed by atoms with Crippen molar-refractivity contribution in [2.45, 2.75) is 59.6 Å². The molecule has 0 aliphatic carbocycles. The minimum Gasteiger partial charge on any atom is -0.490 e. The number of aromatic nitrogens is 2. The van der Waals surface area contributed by atoms with Gasteiger partial charge in [-0.25, -0.2) is 0 Å². The summed E-state index contributed by atoms with van der Waals surface area (Å²) in [6, 6.07) is 6.03. The summed E-state index contributed by atoms with van der Waals surface area (Å²) in [5.41, 5.74) is 3.90. The van der Waals surface area contributed by atoms with Gasteiger partial charge in [0, 0.05) is 23.5 Å². The second-order valence-electron chi connectivity index (χ2n) is 9.29. The molecule has 0 aliphatic heterocycles. The number of nitrogens with zero attached hydrogens (tertiary/aromatic N) is 3. The predicted octanol–water partition coefficient (Wildman–Crippen LogP) is 3.72. The fourth-order valence-corrected chi connectivity index (χ4v) is 5.12. The van der Waals surface area contributed by atoms with Crippen molar-refractivity contribution in [2.75, 3.05) is 33.4 Å². The zero-order valence-electron chi connectivity index (χ0n) is 22.3. The van der Waals surface area contributed by atoms with Crippen LogP contribution in [0.2, 0.25) is 0 Å². The van der Waals surface area contributed by atoms with Crippen molar-refractivity contribution in [3.8, 4) is 27.9 Å². The number of rotatable bonds is 14. The number of unbranched alkanes of at least 4 members (excludes halogenated alkanes) is 1. The quantitative estimate of drug-likeness (QED) is 0.288. The SMILES string of the molecule is CCCCN(C)Cc1sc(-c2nc(-c3cc(C)c(OCC(O)CNC(=O)CO)c(CC)c3)no2)cc1C. The molecule has 0 saturated heterocycles. The van der Waals surface area contributed by atoms with Crippen LogP contribution in [0.3, 0.4) is 0 Å². The standard InChI is InChI=1S/C27H38N4O5S/c1-6-8-9-31(5)14-23-17(3)11-22(37-23)27-29-26(30-36-27)20-10-18(4)25(19(7-2)12-20)35-16-21(33)13-28-24(34)15-32/h10-12,21,32-33H,6-9,13-16H2,1-5H3,(H,28,34). The molecule has 0 aliphatic rings. The van der Waals surface area contributed by atoms with Crippen molar-refractivity contribution < 1.29 is 24.3 Å². The fourth-order valence-electron chi connectivity index (χ4n) is 3.95. The van der Waals surface area contributed by atoms with Gasteiger partial charge in [0.15, 0.2) is 0 Å². The Morgan fingerprint density at radius 3 is 2.73 bits per heavy atom. The number of aryl methyl sites for hydroxylation is 3. The zero-order chi connectivity index (χ0) is 26.9. The van der Waals surface area contributed by atoms with Crippen LogP contribution >= 0.6 is 11.3 Å². The van der Waals surface area contributed by atoms with Crippen LogP contribution in [0, 0.1) is 13.8 Å². The molecule has 2 heterocycles. The molecule has 0 bridgehead atoms. The average molecular weight is 531 g/mol. The van der Waals surface area contributed by atoms with Crippen LogP contribution < -0.4 is 10.1 Å². The largest absolute Gasteiger partial charge is 0.490 e. The van der Waals surface area contributed by atoms with Gasteiger partial charge in [0.25, 0.3) is 5.89 Å². The molecule has 0 radical (unpaired) electrons. The lowest BCUT2D eigenvalue weighted by Gasteiger charge is -2.17. The maximum Gasteiger partial charge on any atom is 0.268 e. The molecule has 3 rings (SSSR count). The third-order valence-corrected chi connectivity index (χ3v) is 7.26. The number of ether oxygens (including phenoxy) is 1. The summed E-state index contributed by atoms with van der Waals surface area (Å²) < 4.78 is 11.5. The van der Waals surface area contributed by atoms with Crippen LogP contribution in [0.5, 0.6) is 5.75 Å². The highest BCUT2D eigenvalue weighted by molar-refractivity contribution is 7.15. The number of aliphatic hydroxyl groups excluding tert-OH is 2. The van der Waals surface area contributed by atoms with Gasteiger partial charge in [-0.15, -0.1) is 11.3 Å². The number of aliphatic hydroxyl groups is 2. The molecule has 3 N–H and O–H groups in total. The first-order valence-corrected chi connectivity index (χ1v) is 13.5. The first-order chi connectivity index (χ1) is 17.7. The third-order valence-electron chi connectivity index (χ3n) is 6.05. The van der Waals surface area contributed by atoms with E-state index in [9.17, 15) is 9.90 Å². The molecule has 10 heteroatoms. The third kappa shape index (κ3) is 7.85. The van der Waals surface area contributed by atoms with E-state index in [0.717, 1.165) is 34.7 Å². The Balaban J connectivity index is 1.72. The van der Waals surface area contributed by atoms with E-state index in [1.54, 1.807) is 11.3 Å². The van der Waals surface area contributed by atoms with Crippen molar-refractivity contribution in [3.63, 3.8) is 0 Å². The second kappa shape index (κ2) is 13.7. The molecule has 9 nitrogen and oxygen atoms in total. The lowest BCUT2D eigenvalue weighted by molar-refractivity contribution is -0.124. The van der Waals surface area contributed by atoms with Gasteiger partial charge in [0.05, 0.1) is 4.88 Å². The summed E-state index contributed by atoms with van der Waals surface area (Å²) in [6.45, 7) is 9.66. The number of nitrogens with one attached hydrogen (secondary N) is 1. The van der Waals surface area contributed by atoms with E-state index in [1.807, 2.05) is 26.0 Å². The Bertz CT molecular complexity index is 1180. The normalized spacial score (nSPS) is 12.2.